The van der Waals surface area contributed by atoms with E-state index in [0.29, 0.717) is 11.1 Å². The first kappa shape index (κ1) is 16.2. The van der Waals surface area contributed by atoms with Crippen molar-refractivity contribution in [1.82, 2.24) is 4.98 Å². The van der Waals surface area contributed by atoms with E-state index in [1.165, 1.54) is 18.2 Å². The third kappa shape index (κ3) is 3.02. The standard InChI is InChI=1S/C18H17N2O4/c1-18(2,3)12-6-4-11(5-7-12)16-19-15-9-8-13(20(22)23)10-14(15)17(21)24-16/h4-10,22H,1-3H3/q-1. The highest BCUT2D eigenvalue weighted by atomic mass is 16.8. The molecule has 2 aromatic carbocycles. The van der Waals surface area contributed by atoms with E-state index < -0.39 is 5.63 Å². The van der Waals surface area contributed by atoms with Crippen LogP contribution in [0.2, 0.25) is 0 Å². The summed E-state index contributed by atoms with van der Waals surface area (Å²) in [4.78, 5) is 16.5. The molecule has 0 fully saturated rings. The summed E-state index contributed by atoms with van der Waals surface area (Å²) in [6.07, 6.45) is 0. The Morgan fingerprint density at radius 1 is 1.12 bits per heavy atom. The van der Waals surface area contributed by atoms with Crippen LogP contribution < -0.4 is 10.9 Å². The molecule has 124 valence electrons. The van der Waals surface area contributed by atoms with E-state index >= 15 is 0 Å². The smallest absolute Gasteiger partial charge is 0.347 e. The molecular weight excluding hydrogens is 308 g/mol. The maximum absolute atomic E-state index is 12.2. The van der Waals surface area contributed by atoms with Crippen LogP contribution in [0.1, 0.15) is 26.3 Å². The summed E-state index contributed by atoms with van der Waals surface area (Å²) < 4.78 is 5.27. The van der Waals surface area contributed by atoms with Crippen LogP contribution in [0.3, 0.4) is 0 Å². The maximum atomic E-state index is 12.2. The summed E-state index contributed by atoms with van der Waals surface area (Å²) in [5, 5.41) is 19.7. The quantitative estimate of drug-likeness (QED) is 0.720. The van der Waals surface area contributed by atoms with Gasteiger partial charge in [-0.15, -0.1) is 0 Å². The fourth-order valence-electron chi connectivity index (χ4n) is 2.42. The van der Waals surface area contributed by atoms with Gasteiger partial charge in [-0.1, -0.05) is 32.9 Å². The zero-order valence-electron chi connectivity index (χ0n) is 13.6. The van der Waals surface area contributed by atoms with E-state index in [4.69, 9.17) is 9.62 Å². The predicted octanol–water partition coefficient (Wildman–Crippen LogP) is 3.85. The van der Waals surface area contributed by atoms with Gasteiger partial charge in [0.2, 0.25) is 5.89 Å². The average molecular weight is 325 g/mol. The number of fused-ring (bicyclic) bond motifs is 1. The molecule has 24 heavy (non-hydrogen) atoms. The Morgan fingerprint density at radius 2 is 1.79 bits per heavy atom. The maximum Gasteiger partial charge on any atom is 0.347 e. The molecule has 6 heteroatoms. The van der Waals surface area contributed by atoms with Crippen molar-refractivity contribution >= 4 is 16.6 Å². The van der Waals surface area contributed by atoms with Gasteiger partial charge in [0, 0.05) is 5.56 Å². The van der Waals surface area contributed by atoms with E-state index in [-0.39, 0.29) is 27.6 Å². The molecule has 1 N–H and O–H groups in total. The first-order chi connectivity index (χ1) is 11.3. The highest BCUT2D eigenvalue weighted by molar-refractivity contribution is 5.82. The Bertz CT molecular complexity index is 938. The number of hydrogen-bond donors (Lipinski definition) is 1. The summed E-state index contributed by atoms with van der Waals surface area (Å²) in [6.45, 7) is 6.36. The van der Waals surface area contributed by atoms with Crippen molar-refractivity contribution in [3.63, 3.8) is 0 Å². The van der Waals surface area contributed by atoms with Gasteiger partial charge in [-0.2, -0.15) is 0 Å². The summed E-state index contributed by atoms with van der Waals surface area (Å²) >= 11 is 0. The van der Waals surface area contributed by atoms with Crippen LogP contribution in [0.15, 0.2) is 51.7 Å². The summed E-state index contributed by atoms with van der Waals surface area (Å²) in [6, 6.07) is 11.8. The minimum Gasteiger partial charge on any atom is -0.733 e. The monoisotopic (exact) mass is 325 g/mol. The molecule has 0 bridgehead atoms. The second-order valence-electron chi connectivity index (χ2n) is 6.61. The third-order valence-corrected chi connectivity index (χ3v) is 3.83. The number of rotatable bonds is 2. The lowest BCUT2D eigenvalue weighted by atomic mass is 9.87. The number of nitrogens with zero attached hydrogens (tertiary/aromatic N) is 2. The molecular formula is C18H17N2O4-. The van der Waals surface area contributed by atoms with Crippen LogP contribution >= 0.6 is 0 Å². The molecule has 0 spiro atoms. The molecule has 1 heterocycles. The predicted molar refractivity (Wildman–Crippen MR) is 92.0 cm³/mol. The van der Waals surface area contributed by atoms with Crippen molar-refractivity contribution in [2.45, 2.75) is 26.2 Å². The fraction of sp³-hybridized carbons (Fsp3) is 0.222. The number of benzene rings is 2. The lowest BCUT2D eigenvalue weighted by Crippen LogP contribution is -2.10. The molecule has 1 aromatic heterocycles. The topological polar surface area (TPSA) is 89.6 Å². The van der Waals surface area contributed by atoms with E-state index in [1.54, 1.807) is 0 Å². The normalized spacial score (nSPS) is 11.7. The van der Waals surface area contributed by atoms with Gasteiger partial charge < -0.3 is 14.9 Å². The third-order valence-electron chi connectivity index (χ3n) is 3.83. The van der Waals surface area contributed by atoms with E-state index in [1.807, 2.05) is 24.3 Å². The van der Waals surface area contributed by atoms with Gasteiger partial charge in [0.1, 0.15) is 0 Å². The van der Waals surface area contributed by atoms with Crippen LogP contribution in [0, 0.1) is 5.21 Å². The van der Waals surface area contributed by atoms with Crippen molar-refractivity contribution < 1.29 is 9.62 Å². The molecule has 0 amide bonds. The van der Waals surface area contributed by atoms with Crippen molar-refractivity contribution in [3.05, 3.63) is 63.7 Å². The lowest BCUT2D eigenvalue weighted by Gasteiger charge is -2.21. The molecule has 3 aromatic rings. The Hall–Kier alpha value is -2.70. The van der Waals surface area contributed by atoms with Crippen LogP contribution in [0.4, 0.5) is 5.69 Å². The fourth-order valence-corrected chi connectivity index (χ4v) is 2.42. The van der Waals surface area contributed by atoms with Crippen LogP contribution in [0.5, 0.6) is 0 Å². The Balaban J connectivity index is 2.08. The zero-order valence-corrected chi connectivity index (χ0v) is 13.6. The van der Waals surface area contributed by atoms with Gasteiger partial charge in [0.25, 0.3) is 0 Å². The molecule has 0 unspecified atom stereocenters. The minimum atomic E-state index is -0.612. The molecule has 3 rings (SSSR count). The molecule has 0 saturated heterocycles. The number of hydrogen-bond acceptors (Lipinski definition) is 6. The molecule has 0 aliphatic rings. The molecule has 6 nitrogen and oxygen atoms in total. The molecule has 0 atom stereocenters. The Morgan fingerprint density at radius 3 is 2.38 bits per heavy atom. The van der Waals surface area contributed by atoms with Gasteiger partial charge in [0.15, 0.2) is 0 Å². The van der Waals surface area contributed by atoms with Gasteiger partial charge in [-0.25, -0.2) is 9.78 Å². The summed E-state index contributed by atoms with van der Waals surface area (Å²) in [5.41, 5.74) is 1.61. The highest BCUT2D eigenvalue weighted by Crippen LogP contribution is 2.26. The number of aromatic nitrogens is 1. The van der Waals surface area contributed by atoms with Crippen molar-refractivity contribution in [1.29, 1.82) is 0 Å². The average Bonchev–Trinajstić information content (AvgIpc) is 2.53. The second-order valence-corrected chi connectivity index (χ2v) is 6.61. The van der Waals surface area contributed by atoms with E-state index in [9.17, 15) is 10.0 Å². The zero-order chi connectivity index (χ0) is 17.5. The highest BCUT2D eigenvalue weighted by Gasteiger charge is 2.14. The Kier molecular flexibility index (Phi) is 3.87. The van der Waals surface area contributed by atoms with E-state index in [0.717, 1.165) is 5.56 Å². The minimum absolute atomic E-state index is 0.0288. The largest absolute Gasteiger partial charge is 0.733 e. The lowest BCUT2D eigenvalue weighted by molar-refractivity contribution is 0.296. The molecule has 0 aliphatic heterocycles. The van der Waals surface area contributed by atoms with Crippen molar-refractivity contribution in [3.8, 4) is 11.5 Å². The summed E-state index contributed by atoms with van der Waals surface area (Å²) in [5.74, 6) is 0.212. The van der Waals surface area contributed by atoms with Crippen LogP contribution in [0.25, 0.3) is 22.4 Å². The molecule has 0 saturated carbocycles. The van der Waals surface area contributed by atoms with Crippen LogP contribution in [-0.2, 0) is 5.41 Å². The molecule has 0 radical (unpaired) electrons. The van der Waals surface area contributed by atoms with Gasteiger partial charge in [-0.3, -0.25) is 5.21 Å². The molecule has 0 aliphatic carbocycles. The number of anilines is 1. The summed E-state index contributed by atoms with van der Waals surface area (Å²) in [7, 11) is 0. The van der Waals surface area contributed by atoms with Crippen LogP contribution in [-0.4, -0.2) is 10.2 Å². The van der Waals surface area contributed by atoms with Gasteiger partial charge >= 0.3 is 5.63 Å². The van der Waals surface area contributed by atoms with Crippen molar-refractivity contribution in [2.75, 3.05) is 5.23 Å². The SMILES string of the molecule is CC(C)(C)c1ccc(-c2nc3ccc(N([O-])O)cc3c(=O)o2)cc1. The van der Waals surface area contributed by atoms with Gasteiger partial charge in [-0.05, 0) is 41.3 Å². The van der Waals surface area contributed by atoms with Gasteiger partial charge in [0.05, 0.1) is 16.6 Å². The first-order valence-corrected chi connectivity index (χ1v) is 7.48. The second kappa shape index (κ2) is 5.74. The Labute approximate surface area is 138 Å². The van der Waals surface area contributed by atoms with E-state index in [2.05, 4.69) is 25.8 Å². The first-order valence-electron chi connectivity index (χ1n) is 7.48. The van der Waals surface area contributed by atoms with Crippen molar-refractivity contribution in [2.24, 2.45) is 0 Å².